The molecule has 0 aliphatic heterocycles. The van der Waals surface area contributed by atoms with Gasteiger partial charge >= 0.3 is 0 Å². The molecule has 0 bridgehead atoms. The molecule has 0 atom stereocenters. The molecule has 2 aromatic carbocycles. The Labute approximate surface area is 130 Å². The zero-order valence-electron chi connectivity index (χ0n) is 10.8. The van der Waals surface area contributed by atoms with E-state index in [1.54, 1.807) is 0 Å². The molecule has 0 fully saturated rings. The second-order valence-corrected chi connectivity index (χ2v) is 5.07. The highest BCUT2D eigenvalue weighted by Crippen LogP contribution is 2.31. The van der Waals surface area contributed by atoms with Crippen molar-refractivity contribution in [2.24, 2.45) is 0 Å². The Morgan fingerprint density at radius 3 is 2.24 bits per heavy atom. The quantitative estimate of drug-likeness (QED) is 0.455. The second-order valence-electron chi connectivity index (χ2n) is 4.20. The number of hydrogen-bond acceptors (Lipinski definition) is 4. The third kappa shape index (κ3) is 3.71. The van der Waals surface area contributed by atoms with Crippen LogP contribution in [0.3, 0.4) is 0 Å². The molecule has 2 aromatic rings. The Morgan fingerprint density at radius 2 is 1.71 bits per heavy atom. The topological polar surface area (TPSA) is 69.4 Å². The molecule has 0 amide bonds. The third-order valence-corrected chi connectivity index (χ3v) is 3.05. The van der Waals surface area contributed by atoms with Gasteiger partial charge in [-0.25, -0.2) is 0 Å². The van der Waals surface area contributed by atoms with Crippen molar-refractivity contribution in [3.63, 3.8) is 0 Å². The van der Waals surface area contributed by atoms with Crippen molar-refractivity contribution in [2.45, 2.75) is 6.92 Å². The maximum atomic E-state index is 11.3. The molecule has 0 saturated carbocycles. The number of ether oxygens (including phenoxy) is 1. The predicted octanol–water partition coefficient (Wildman–Crippen LogP) is 4.90. The van der Waals surface area contributed by atoms with Gasteiger partial charge in [-0.2, -0.15) is 0 Å². The molecule has 0 N–H and O–H groups in total. The summed E-state index contributed by atoms with van der Waals surface area (Å²) in [7, 11) is 0. The first-order valence-electron chi connectivity index (χ1n) is 5.80. The minimum atomic E-state index is -0.630. The molecule has 2 rings (SSSR count). The molecular weight excluding hydrogens is 317 g/mol. The lowest BCUT2D eigenvalue weighted by molar-refractivity contribution is -0.385. The van der Waals surface area contributed by atoms with E-state index in [2.05, 4.69) is 0 Å². The zero-order valence-corrected chi connectivity index (χ0v) is 12.3. The molecule has 5 nitrogen and oxygen atoms in total. The summed E-state index contributed by atoms with van der Waals surface area (Å²) >= 11 is 11.7. The fraction of sp³-hybridized carbons (Fsp3) is 0.0714. The van der Waals surface area contributed by atoms with E-state index < -0.39 is 4.92 Å². The van der Waals surface area contributed by atoms with Crippen LogP contribution in [-0.4, -0.2) is 10.7 Å². The highest BCUT2D eigenvalue weighted by molar-refractivity contribution is 6.34. The SMILES string of the molecule is CC(=O)c1ccc(Oc2cc(Cl)cc(Cl)c2)cc1[N+](=O)[O-]. The number of halogens is 2. The normalized spacial score (nSPS) is 10.2. The lowest BCUT2D eigenvalue weighted by atomic mass is 10.1. The van der Waals surface area contributed by atoms with Crippen LogP contribution in [-0.2, 0) is 0 Å². The lowest BCUT2D eigenvalue weighted by Crippen LogP contribution is -2.00. The van der Waals surface area contributed by atoms with E-state index in [1.807, 2.05) is 0 Å². The summed E-state index contributed by atoms with van der Waals surface area (Å²) in [5.41, 5.74) is -0.287. The maximum Gasteiger partial charge on any atom is 0.283 e. The molecule has 0 saturated heterocycles. The summed E-state index contributed by atoms with van der Waals surface area (Å²) in [6.07, 6.45) is 0. The van der Waals surface area contributed by atoms with Gasteiger partial charge in [0.05, 0.1) is 16.6 Å². The van der Waals surface area contributed by atoms with Crippen LogP contribution in [0.4, 0.5) is 5.69 Å². The van der Waals surface area contributed by atoms with E-state index in [9.17, 15) is 14.9 Å². The fourth-order valence-corrected chi connectivity index (χ4v) is 2.25. The third-order valence-electron chi connectivity index (χ3n) is 2.62. The number of nitro groups is 1. The Balaban J connectivity index is 2.39. The van der Waals surface area contributed by atoms with Crippen LogP contribution in [0.15, 0.2) is 36.4 Å². The Hall–Kier alpha value is -2.11. The molecule has 0 aliphatic rings. The number of nitrogens with zero attached hydrogens (tertiary/aromatic N) is 1. The van der Waals surface area contributed by atoms with Gasteiger partial charge in [-0.05, 0) is 37.3 Å². The average Bonchev–Trinajstić information content (AvgIpc) is 2.36. The first-order chi connectivity index (χ1) is 9.86. The van der Waals surface area contributed by atoms with Crippen molar-refractivity contribution in [1.82, 2.24) is 0 Å². The van der Waals surface area contributed by atoms with Gasteiger partial charge in [0.25, 0.3) is 5.69 Å². The van der Waals surface area contributed by atoms with Gasteiger partial charge in [0, 0.05) is 10.0 Å². The van der Waals surface area contributed by atoms with Crippen LogP contribution in [0.25, 0.3) is 0 Å². The van der Waals surface area contributed by atoms with Crippen LogP contribution in [0.5, 0.6) is 11.5 Å². The van der Waals surface area contributed by atoms with Crippen molar-refractivity contribution in [3.05, 3.63) is 62.1 Å². The molecule has 0 aliphatic carbocycles. The number of benzene rings is 2. The number of Topliss-reactive ketones (excluding diaryl/α,β-unsaturated/α-hetero) is 1. The van der Waals surface area contributed by atoms with E-state index in [1.165, 1.54) is 43.3 Å². The standard InChI is InChI=1S/C14H9Cl2NO4/c1-8(18)13-3-2-11(7-14(13)17(19)20)21-12-5-9(15)4-10(16)6-12/h2-7H,1H3. The van der Waals surface area contributed by atoms with Crippen LogP contribution >= 0.6 is 23.2 Å². The van der Waals surface area contributed by atoms with Crippen molar-refractivity contribution >= 4 is 34.7 Å². The maximum absolute atomic E-state index is 11.3. The van der Waals surface area contributed by atoms with Crippen LogP contribution in [0.1, 0.15) is 17.3 Å². The predicted molar refractivity (Wildman–Crippen MR) is 79.6 cm³/mol. The number of carbonyl (C=O) groups excluding carboxylic acids is 1. The van der Waals surface area contributed by atoms with Crippen molar-refractivity contribution in [2.75, 3.05) is 0 Å². The van der Waals surface area contributed by atoms with Crippen LogP contribution in [0, 0.1) is 10.1 Å². The smallest absolute Gasteiger partial charge is 0.283 e. The molecule has 7 heteroatoms. The van der Waals surface area contributed by atoms with E-state index in [0.717, 1.165) is 0 Å². The van der Waals surface area contributed by atoms with Gasteiger partial charge in [0.1, 0.15) is 11.5 Å². The van der Waals surface area contributed by atoms with E-state index >= 15 is 0 Å². The minimum Gasteiger partial charge on any atom is -0.457 e. The molecule has 0 radical (unpaired) electrons. The van der Waals surface area contributed by atoms with Gasteiger partial charge in [-0.15, -0.1) is 0 Å². The summed E-state index contributed by atoms with van der Waals surface area (Å²) in [6.45, 7) is 1.26. The Bertz CT molecular complexity index is 711. The second kappa shape index (κ2) is 6.11. The highest BCUT2D eigenvalue weighted by atomic mass is 35.5. The fourth-order valence-electron chi connectivity index (χ4n) is 1.75. The van der Waals surface area contributed by atoms with Crippen LogP contribution in [0.2, 0.25) is 10.0 Å². The molecule has 108 valence electrons. The first kappa shape index (κ1) is 15.3. The van der Waals surface area contributed by atoms with Crippen molar-refractivity contribution in [3.8, 4) is 11.5 Å². The summed E-state index contributed by atoms with van der Waals surface area (Å²) in [5.74, 6) is 0.168. The van der Waals surface area contributed by atoms with Gasteiger partial charge in [-0.1, -0.05) is 23.2 Å². The number of hydrogen-bond donors (Lipinski definition) is 0. The summed E-state index contributed by atoms with van der Waals surface area (Å²) in [4.78, 5) is 21.7. The molecular formula is C14H9Cl2NO4. The summed E-state index contributed by atoms with van der Waals surface area (Å²) < 4.78 is 5.48. The highest BCUT2D eigenvalue weighted by Gasteiger charge is 2.18. The van der Waals surface area contributed by atoms with Gasteiger partial charge in [0.15, 0.2) is 5.78 Å². The number of nitro benzene ring substituents is 1. The van der Waals surface area contributed by atoms with E-state index in [-0.39, 0.29) is 22.8 Å². The molecule has 0 aromatic heterocycles. The van der Waals surface area contributed by atoms with Gasteiger partial charge < -0.3 is 4.74 Å². The number of rotatable bonds is 4. The minimum absolute atomic E-state index is 0.0245. The first-order valence-corrected chi connectivity index (χ1v) is 6.56. The monoisotopic (exact) mass is 325 g/mol. The van der Waals surface area contributed by atoms with Crippen molar-refractivity contribution < 1.29 is 14.5 Å². The van der Waals surface area contributed by atoms with E-state index in [4.69, 9.17) is 27.9 Å². The lowest BCUT2D eigenvalue weighted by Gasteiger charge is -2.07. The Kier molecular flexibility index (Phi) is 4.45. The molecule has 0 heterocycles. The number of ketones is 1. The van der Waals surface area contributed by atoms with Gasteiger partial charge in [0.2, 0.25) is 0 Å². The number of carbonyl (C=O) groups is 1. The van der Waals surface area contributed by atoms with E-state index in [0.29, 0.717) is 15.8 Å². The molecule has 0 spiro atoms. The van der Waals surface area contributed by atoms with Crippen LogP contribution < -0.4 is 4.74 Å². The average molecular weight is 326 g/mol. The van der Waals surface area contributed by atoms with Gasteiger partial charge in [-0.3, -0.25) is 14.9 Å². The largest absolute Gasteiger partial charge is 0.457 e. The summed E-state index contributed by atoms with van der Waals surface area (Å²) in [5, 5.41) is 11.8. The molecule has 21 heavy (non-hydrogen) atoms. The molecule has 0 unspecified atom stereocenters. The van der Waals surface area contributed by atoms with Crippen molar-refractivity contribution in [1.29, 1.82) is 0 Å². The Morgan fingerprint density at radius 1 is 1.10 bits per heavy atom. The zero-order chi connectivity index (χ0) is 15.6. The summed E-state index contributed by atoms with van der Waals surface area (Å²) in [6, 6.07) is 8.60.